The zero-order valence-corrected chi connectivity index (χ0v) is 16.0. The first-order valence-corrected chi connectivity index (χ1v) is 10.2. The van der Waals surface area contributed by atoms with E-state index in [0.29, 0.717) is 0 Å². The molecule has 6 nitrogen and oxygen atoms in total. The summed E-state index contributed by atoms with van der Waals surface area (Å²) in [6.45, 7) is 0.778. The minimum atomic E-state index is -4.03. The Morgan fingerprint density at radius 1 is 1.15 bits per heavy atom. The molecule has 0 spiro atoms. The van der Waals surface area contributed by atoms with Crippen LogP contribution in [0.3, 0.4) is 0 Å². The van der Waals surface area contributed by atoms with E-state index < -0.39 is 15.9 Å². The predicted octanol–water partition coefficient (Wildman–Crippen LogP) is 2.76. The van der Waals surface area contributed by atoms with Crippen molar-refractivity contribution < 1.29 is 13.2 Å². The van der Waals surface area contributed by atoms with Crippen LogP contribution in [0.2, 0.25) is 10.0 Å². The molecule has 2 aromatic carbocycles. The number of carbonyl (C=O) groups excluding carboxylic acids is 1. The number of rotatable bonds is 5. The van der Waals surface area contributed by atoms with E-state index in [2.05, 4.69) is 10.3 Å². The van der Waals surface area contributed by atoms with E-state index in [9.17, 15) is 13.2 Å². The van der Waals surface area contributed by atoms with Gasteiger partial charge in [-0.2, -0.15) is 0 Å². The standard InChI is InChI=1S/C17H17Cl2N3O3S/c18-13-7-8-14(19)16(10-13)26(24,25)21-20-17(23)11-22-9-3-5-12-4-1-2-6-15(12)22/h1-2,4,6-8,10,21H,3,5,9,11H2,(H,20,23). The predicted molar refractivity (Wildman–Crippen MR) is 102 cm³/mol. The molecule has 1 amide bonds. The second-order valence-electron chi connectivity index (χ2n) is 5.88. The molecule has 26 heavy (non-hydrogen) atoms. The topological polar surface area (TPSA) is 78.5 Å². The molecule has 0 bridgehead atoms. The van der Waals surface area contributed by atoms with Gasteiger partial charge in [0.25, 0.3) is 15.9 Å². The molecule has 0 aliphatic carbocycles. The van der Waals surface area contributed by atoms with Crippen LogP contribution in [-0.4, -0.2) is 27.4 Å². The first-order chi connectivity index (χ1) is 12.4. The molecule has 0 atom stereocenters. The van der Waals surface area contributed by atoms with Gasteiger partial charge in [-0.15, -0.1) is 4.83 Å². The quantitative estimate of drug-likeness (QED) is 0.738. The Labute approximate surface area is 162 Å². The summed E-state index contributed by atoms with van der Waals surface area (Å²) >= 11 is 11.7. The third kappa shape index (κ3) is 4.29. The van der Waals surface area contributed by atoms with Gasteiger partial charge in [0.05, 0.1) is 11.6 Å². The summed E-state index contributed by atoms with van der Waals surface area (Å²) < 4.78 is 24.6. The number of benzene rings is 2. The van der Waals surface area contributed by atoms with Crippen LogP contribution in [0.15, 0.2) is 47.4 Å². The van der Waals surface area contributed by atoms with Gasteiger partial charge in [0.1, 0.15) is 4.90 Å². The van der Waals surface area contributed by atoms with E-state index >= 15 is 0 Å². The maximum Gasteiger partial charge on any atom is 0.258 e. The van der Waals surface area contributed by atoms with Crippen molar-refractivity contribution in [2.75, 3.05) is 18.0 Å². The SMILES string of the molecule is O=C(CN1CCCc2ccccc21)NNS(=O)(=O)c1cc(Cl)ccc1Cl. The Hall–Kier alpha value is -1.80. The second kappa shape index (κ2) is 7.84. The second-order valence-corrected chi connectivity index (χ2v) is 8.38. The molecule has 0 aromatic heterocycles. The van der Waals surface area contributed by atoms with Crippen molar-refractivity contribution in [3.63, 3.8) is 0 Å². The van der Waals surface area contributed by atoms with Gasteiger partial charge in [-0.3, -0.25) is 10.2 Å². The Kier molecular flexibility index (Phi) is 5.72. The Bertz CT molecular complexity index is 935. The van der Waals surface area contributed by atoms with E-state index in [4.69, 9.17) is 23.2 Å². The van der Waals surface area contributed by atoms with Crippen LogP contribution in [0.1, 0.15) is 12.0 Å². The van der Waals surface area contributed by atoms with Gasteiger partial charge in [0, 0.05) is 17.3 Å². The number of anilines is 1. The molecular formula is C17H17Cl2N3O3S. The molecule has 0 fully saturated rings. The molecule has 2 N–H and O–H groups in total. The largest absolute Gasteiger partial charge is 0.362 e. The third-order valence-electron chi connectivity index (χ3n) is 4.05. The average Bonchev–Trinajstić information content (AvgIpc) is 2.62. The van der Waals surface area contributed by atoms with Crippen molar-refractivity contribution in [1.82, 2.24) is 10.3 Å². The number of fused-ring (bicyclic) bond motifs is 1. The van der Waals surface area contributed by atoms with Crippen molar-refractivity contribution in [1.29, 1.82) is 0 Å². The molecule has 0 unspecified atom stereocenters. The fraction of sp³-hybridized carbons (Fsp3) is 0.235. The van der Waals surface area contributed by atoms with Crippen molar-refractivity contribution >= 4 is 44.8 Å². The lowest BCUT2D eigenvalue weighted by Gasteiger charge is -2.30. The Balaban J connectivity index is 1.65. The summed E-state index contributed by atoms with van der Waals surface area (Å²) in [6, 6.07) is 11.9. The summed E-state index contributed by atoms with van der Waals surface area (Å²) in [5.41, 5.74) is 4.40. The van der Waals surface area contributed by atoms with Gasteiger partial charge in [-0.1, -0.05) is 41.4 Å². The normalized spacial score (nSPS) is 14.0. The van der Waals surface area contributed by atoms with Gasteiger partial charge < -0.3 is 4.90 Å². The minimum Gasteiger partial charge on any atom is -0.362 e. The van der Waals surface area contributed by atoms with Crippen LogP contribution < -0.4 is 15.2 Å². The maximum atomic E-state index is 12.3. The van der Waals surface area contributed by atoms with Crippen molar-refractivity contribution in [3.05, 3.63) is 58.1 Å². The number of sulfonamides is 1. The lowest BCUT2D eigenvalue weighted by Crippen LogP contribution is -2.47. The lowest BCUT2D eigenvalue weighted by molar-refractivity contribution is -0.120. The van der Waals surface area contributed by atoms with Crippen LogP contribution in [-0.2, 0) is 21.2 Å². The third-order valence-corrected chi connectivity index (χ3v) is 6.01. The highest BCUT2D eigenvalue weighted by Gasteiger charge is 2.22. The van der Waals surface area contributed by atoms with Gasteiger partial charge in [0.2, 0.25) is 0 Å². The van der Waals surface area contributed by atoms with Crippen LogP contribution in [0.4, 0.5) is 5.69 Å². The Morgan fingerprint density at radius 2 is 1.92 bits per heavy atom. The highest BCUT2D eigenvalue weighted by molar-refractivity contribution is 7.89. The summed E-state index contributed by atoms with van der Waals surface area (Å²) in [7, 11) is -4.03. The molecule has 9 heteroatoms. The van der Waals surface area contributed by atoms with Crippen LogP contribution in [0.5, 0.6) is 0 Å². The molecule has 1 aliphatic rings. The average molecular weight is 414 g/mol. The van der Waals surface area contributed by atoms with Crippen LogP contribution >= 0.6 is 23.2 Å². The van der Waals surface area contributed by atoms with Gasteiger partial charge in [0.15, 0.2) is 0 Å². The van der Waals surface area contributed by atoms with E-state index in [0.717, 1.165) is 25.1 Å². The van der Waals surface area contributed by atoms with Crippen molar-refractivity contribution in [2.45, 2.75) is 17.7 Å². The zero-order valence-electron chi connectivity index (χ0n) is 13.7. The molecular weight excluding hydrogens is 397 g/mol. The van der Waals surface area contributed by atoms with E-state index in [1.54, 1.807) is 0 Å². The number of hydrogen-bond acceptors (Lipinski definition) is 4. The van der Waals surface area contributed by atoms with Crippen LogP contribution in [0, 0.1) is 0 Å². The maximum absolute atomic E-state index is 12.3. The monoisotopic (exact) mass is 413 g/mol. The molecule has 0 radical (unpaired) electrons. The number of halogens is 2. The number of para-hydroxylation sites is 1. The summed E-state index contributed by atoms with van der Waals surface area (Å²) in [6.07, 6.45) is 1.91. The molecule has 2 aromatic rings. The van der Waals surface area contributed by atoms with Gasteiger partial charge in [-0.25, -0.2) is 8.42 Å². The van der Waals surface area contributed by atoms with Crippen LogP contribution in [0.25, 0.3) is 0 Å². The molecule has 1 heterocycles. The van der Waals surface area contributed by atoms with Crippen molar-refractivity contribution in [3.8, 4) is 0 Å². The smallest absolute Gasteiger partial charge is 0.258 e. The number of aryl methyl sites for hydroxylation is 1. The summed E-state index contributed by atoms with van der Waals surface area (Å²) in [5, 5.41) is 0.243. The Morgan fingerprint density at radius 3 is 2.73 bits per heavy atom. The number of nitrogens with one attached hydrogen (secondary N) is 2. The highest BCUT2D eigenvalue weighted by atomic mass is 35.5. The fourth-order valence-corrected chi connectivity index (χ4v) is 4.47. The highest BCUT2D eigenvalue weighted by Crippen LogP contribution is 2.26. The van der Waals surface area contributed by atoms with E-state index in [1.165, 1.54) is 23.8 Å². The molecule has 3 rings (SSSR count). The molecule has 0 saturated heterocycles. The minimum absolute atomic E-state index is 0.0149. The lowest BCUT2D eigenvalue weighted by atomic mass is 10.0. The van der Waals surface area contributed by atoms with Gasteiger partial charge >= 0.3 is 0 Å². The number of hydrogen-bond donors (Lipinski definition) is 2. The molecule has 0 saturated carbocycles. The van der Waals surface area contributed by atoms with Crippen molar-refractivity contribution in [2.24, 2.45) is 0 Å². The summed E-state index contributed by atoms with van der Waals surface area (Å²) in [5.74, 6) is -0.469. The first-order valence-electron chi connectivity index (χ1n) is 7.95. The van der Waals surface area contributed by atoms with E-state index in [1.807, 2.05) is 29.2 Å². The number of amides is 1. The number of nitrogens with zero attached hydrogens (tertiary/aromatic N) is 1. The molecule has 1 aliphatic heterocycles. The number of carbonyl (C=O) groups is 1. The summed E-state index contributed by atoms with van der Waals surface area (Å²) in [4.78, 5) is 16.0. The number of hydrazine groups is 1. The zero-order chi connectivity index (χ0) is 18.7. The molecule has 138 valence electrons. The first kappa shape index (κ1) is 19.0. The van der Waals surface area contributed by atoms with E-state index in [-0.39, 0.29) is 21.5 Å². The fourth-order valence-electron chi connectivity index (χ4n) is 2.85. The van der Waals surface area contributed by atoms with Gasteiger partial charge in [-0.05, 0) is 42.7 Å².